The van der Waals surface area contributed by atoms with Crippen LogP contribution in [0.3, 0.4) is 0 Å². The summed E-state index contributed by atoms with van der Waals surface area (Å²) >= 11 is 0. The average molecular weight is 263 g/mol. The van der Waals surface area contributed by atoms with E-state index in [1.54, 1.807) is 0 Å². The van der Waals surface area contributed by atoms with Gasteiger partial charge in [0, 0.05) is 30.7 Å². The van der Waals surface area contributed by atoms with Gasteiger partial charge in [0.1, 0.15) is 0 Å². The lowest BCUT2D eigenvalue weighted by Gasteiger charge is -2.14. The predicted molar refractivity (Wildman–Crippen MR) is 74.1 cm³/mol. The number of amidine groups is 1. The minimum absolute atomic E-state index is 0.125. The largest absolute Gasteiger partial charge is 0.409 e. The van der Waals surface area contributed by atoms with Gasteiger partial charge in [0.05, 0.1) is 0 Å². The number of nitrogens with one attached hydrogen (secondary N) is 1. The molecule has 1 aliphatic rings. The molecule has 5 N–H and O–H groups in total. The Hall–Kier alpha value is -1.59. The van der Waals surface area contributed by atoms with E-state index in [0.717, 1.165) is 37.1 Å². The van der Waals surface area contributed by atoms with Gasteiger partial charge in [-0.15, -0.1) is 0 Å². The Labute approximate surface area is 113 Å². The van der Waals surface area contributed by atoms with Crippen molar-refractivity contribution in [2.75, 3.05) is 13.2 Å². The molecule has 5 nitrogen and oxygen atoms in total. The number of nitrogens with zero attached hydrogens (tertiary/aromatic N) is 1. The van der Waals surface area contributed by atoms with E-state index >= 15 is 0 Å². The Morgan fingerprint density at radius 2 is 2.21 bits per heavy atom. The summed E-state index contributed by atoms with van der Waals surface area (Å²) in [5, 5.41) is 24.3. The highest BCUT2D eigenvalue weighted by Crippen LogP contribution is 2.44. The summed E-state index contributed by atoms with van der Waals surface area (Å²) in [6, 6.07) is 5.73. The first-order valence-corrected chi connectivity index (χ1v) is 6.49. The van der Waals surface area contributed by atoms with Crippen molar-refractivity contribution in [2.24, 2.45) is 16.3 Å². The third kappa shape index (κ3) is 3.24. The SMILES string of the molecule is Cc1cc(/C(N)=N/O)ccc1CNCC1(CO)CC1. The molecule has 2 rings (SSSR count). The number of aliphatic hydroxyl groups excluding tert-OH is 1. The van der Waals surface area contributed by atoms with Crippen LogP contribution in [0.15, 0.2) is 23.4 Å². The maximum absolute atomic E-state index is 9.24. The molecule has 0 saturated heterocycles. The Morgan fingerprint density at radius 1 is 1.47 bits per heavy atom. The highest BCUT2D eigenvalue weighted by Gasteiger charge is 2.41. The van der Waals surface area contributed by atoms with Crippen molar-refractivity contribution < 1.29 is 10.3 Å². The zero-order valence-corrected chi connectivity index (χ0v) is 11.2. The van der Waals surface area contributed by atoms with Gasteiger partial charge in [-0.1, -0.05) is 17.3 Å². The van der Waals surface area contributed by atoms with Crippen LogP contribution in [0.1, 0.15) is 29.5 Å². The molecule has 1 saturated carbocycles. The second-order valence-electron chi connectivity index (χ2n) is 5.39. The molecule has 0 amide bonds. The molecule has 104 valence electrons. The van der Waals surface area contributed by atoms with E-state index in [2.05, 4.69) is 10.5 Å². The van der Waals surface area contributed by atoms with Crippen molar-refractivity contribution >= 4 is 5.84 Å². The lowest BCUT2D eigenvalue weighted by atomic mass is 10.0. The normalized spacial score (nSPS) is 17.5. The third-order valence-electron chi connectivity index (χ3n) is 3.85. The molecule has 1 fully saturated rings. The predicted octanol–water partition coefficient (Wildman–Crippen LogP) is 0.952. The van der Waals surface area contributed by atoms with E-state index in [0.29, 0.717) is 0 Å². The molecule has 0 aliphatic heterocycles. The van der Waals surface area contributed by atoms with E-state index in [9.17, 15) is 5.11 Å². The number of hydrogen-bond donors (Lipinski definition) is 4. The molecule has 1 aromatic carbocycles. The summed E-state index contributed by atoms with van der Waals surface area (Å²) in [4.78, 5) is 0. The Kier molecular flexibility index (Phi) is 4.07. The lowest BCUT2D eigenvalue weighted by molar-refractivity contribution is 0.207. The van der Waals surface area contributed by atoms with Crippen LogP contribution in [0.4, 0.5) is 0 Å². The zero-order chi connectivity index (χ0) is 13.9. The van der Waals surface area contributed by atoms with Crippen molar-refractivity contribution in [2.45, 2.75) is 26.3 Å². The van der Waals surface area contributed by atoms with Gasteiger partial charge in [0.2, 0.25) is 0 Å². The fraction of sp³-hybridized carbons (Fsp3) is 0.500. The summed E-state index contributed by atoms with van der Waals surface area (Å²) in [6.07, 6.45) is 2.22. The Bertz CT molecular complexity index is 482. The zero-order valence-electron chi connectivity index (χ0n) is 11.2. The molecule has 5 heteroatoms. The molecular weight excluding hydrogens is 242 g/mol. The second kappa shape index (κ2) is 5.59. The maximum atomic E-state index is 9.24. The van der Waals surface area contributed by atoms with Crippen LogP contribution in [-0.4, -0.2) is 29.3 Å². The molecule has 19 heavy (non-hydrogen) atoms. The Balaban J connectivity index is 1.94. The van der Waals surface area contributed by atoms with E-state index in [1.165, 1.54) is 5.56 Å². The van der Waals surface area contributed by atoms with Gasteiger partial charge in [-0.2, -0.15) is 0 Å². The molecule has 0 bridgehead atoms. The summed E-state index contributed by atoms with van der Waals surface area (Å²) in [6.45, 7) is 3.89. The molecule has 0 aromatic heterocycles. The molecule has 0 unspecified atom stereocenters. The molecule has 0 spiro atoms. The van der Waals surface area contributed by atoms with E-state index < -0.39 is 0 Å². The van der Waals surface area contributed by atoms with Crippen LogP contribution < -0.4 is 11.1 Å². The van der Waals surface area contributed by atoms with Gasteiger partial charge in [-0.05, 0) is 37.0 Å². The standard InChI is InChI=1S/C14H21N3O2/c1-10-6-11(13(15)17-19)2-3-12(10)7-16-8-14(9-18)4-5-14/h2-3,6,16,18-19H,4-5,7-9H2,1H3,(H2,15,17). The number of oxime groups is 1. The molecule has 0 heterocycles. The fourth-order valence-corrected chi connectivity index (χ4v) is 2.14. The number of benzene rings is 1. The quantitative estimate of drug-likeness (QED) is 0.266. The van der Waals surface area contributed by atoms with Gasteiger partial charge < -0.3 is 21.4 Å². The summed E-state index contributed by atoms with van der Waals surface area (Å²) in [5.41, 5.74) is 8.69. The number of aryl methyl sites for hydroxylation is 1. The number of hydrogen-bond acceptors (Lipinski definition) is 4. The first-order valence-electron chi connectivity index (χ1n) is 6.49. The molecule has 1 aliphatic carbocycles. The molecule has 0 atom stereocenters. The lowest BCUT2D eigenvalue weighted by Crippen LogP contribution is -2.26. The van der Waals surface area contributed by atoms with Crippen LogP contribution in [0, 0.1) is 12.3 Å². The smallest absolute Gasteiger partial charge is 0.170 e. The van der Waals surface area contributed by atoms with Gasteiger partial charge >= 0.3 is 0 Å². The second-order valence-corrected chi connectivity index (χ2v) is 5.39. The molecule has 1 aromatic rings. The fourth-order valence-electron chi connectivity index (χ4n) is 2.14. The summed E-state index contributed by atoms with van der Waals surface area (Å²) in [5.74, 6) is 0.125. The maximum Gasteiger partial charge on any atom is 0.170 e. The number of nitrogens with two attached hydrogens (primary N) is 1. The van der Waals surface area contributed by atoms with Crippen molar-refractivity contribution in [3.63, 3.8) is 0 Å². The van der Waals surface area contributed by atoms with Gasteiger partial charge in [-0.25, -0.2) is 0 Å². The van der Waals surface area contributed by atoms with Crippen LogP contribution in [0.5, 0.6) is 0 Å². The van der Waals surface area contributed by atoms with Crippen LogP contribution in [0.2, 0.25) is 0 Å². The highest BCUT2D eigenvalue weighted by molar-refractivity contribution is 5.97. The number of rotatable bonds is 6. The molecular formula is C14H21N3O2. The van der Waals surface area contributed by atoms with E-state index in [1.807, 2.05) is 25.1 Å². The summed E-state index contributed by atoms with van der Waals surface area (Å²) in [7, 11) is 0. The van der Waals surface area contributed by atoms with Crippen LogP contribution in [0.25, 0.3) is 0 Å². The monoisotopic (exact) mass is 263 g/mol. The number of aliphatic hydroxyl groups is 1. The first kappa shape index (κ1) is 13.8. The summed E-state index contributed by atoms with van der Waals surface area (Å²) < 4.78 is 0. The molecule has 0 radical (unpaired) electrons. The van der Waals surface area contributed by atoms with Gasteiger partial charge in [-0.3, -0.25) is 0 Å². The van der Waals surface area contributed by atoms with Crippen molar-refractivity contribution in [3.05, 3.63) is 34.9 Å². The van der Waals surface area contributed by atoms with Gasteiger partial charge in [0.15, 0.2) is 5.84 Å². The topological polar surface area (TPSA) is 90.9 Å². The van der Waals surface area contributed by atoms with Crippen molar-refractivity contribution in [3.8, 4) is 0 Å². The van der Waals surface area contributed by atoms with E-state index in [-0.39, 0.29) is 17.9 Å². The van der Waals surface area contributed by atoms with Crippen LogP contribution in [-0.2, 0) is 6.54 Å². The van der Waals surface area contributed by atoms with Crippen molar-refractivity contribution in [1.29, 1.82) is 0 Å². The average Bonchev–Trinajstić information content (AvgIpc) is 3.20. The van der Waals surface area contributed by atoms with Gasteiger partial charge in [0.25, 0.3) is 0 Å². The minimum atomic E-state index is 0.125. The van der Waals surface area contributed by atoms with Crippen LogP contribution >= 0.6 is 0 Å². The minimum Gasteiger partial charge on any atom is -0.409 e. The van der Waals surface area contributed by atoms with Crippen molar-refractivity contribution in [1.82, 2.24) is 5.32 Å². The third-order valence-corrected chi connectivity index (χ3v) is 3.85. The van der Waals surface area contributed by atoms with E-state index in [4.69, 9.17) is 10.9 Å². The first-order chi connectivity index (χ1) is 9.10. The Morgan fingerprint density at radius 3 is 2.74 bits per heavy atom. The highest BCUT2D eigenvalue weighted by atomic mass is 16.4.